The number of nitrogens with zero attached hydrogens (tertiary/aromatic N) is 4. The molecule has 0 aliphatic rings. The highest BCUT2D eigenvalue weighted by Gasteiger charge is 2.07. The summed E-state index contributed by atoms with van der Waals surface area (Å²) in [4.78, 5) is 8.81. The molecule has 102 valence electrons. The summed E-state index contributed by atoms with van der Waals surface area (Å²) in [5.74, 6) is 0.554. The first-order valence-corrected chi connectivity index (χ1v) is 6.72. The van der Waals surface area contributed by atoms with Gasteiger partial charge in [0.2, 0.25) is 5.88 Å². The van der Waals surface area contributed by atoms with Crippen molar-refractivity contribution in [1.82, 2.24) is 19.7 Å². The minimum absolute atomic E-state index is 0.554. The number of rotatable bonds is 5. The predicted octanol–water partition coefficient (Wildman–Crippen LogP) is 2.66. The highest BCUT2D eigenvalue weighted by atomic mass is 16.5. The Hall–Kier alpha value is -2.43. The third-order valence-electron chi connectivity index (χ3n) is 2.95. The zero-order chi connectivity index (χ0) is 13.8. The second-order valence-corrected chi connectivity index (χ2v) is 4.55. The molecule has 0 atom stereocenters. The molecule has 0 fully saturated rings. The van der Waals surface area contributed by atoms with Crippen LogP contribution in [0.5, 0.6) is 5.88 Å². The number of hydrogen-bond acceptors (Lipinski definition) is 4. The highest BCUT2D eigenvalue weighted by Crippen LogP contribution is 2.14. The van der Waals surface area contributed by atoms with Crippen LogP contribution in [0, 0.1) is 0 Å². The lowest BCUT2D eigenvalue weighted by molar-refractivity contribution is 0.305. The molecule has 0 saturated carbocycles. The summed E-state index contributed by atoms with van der Waals surface area (Å²) >= 11 is 0. The van der Waals surface area contributed by atoms with Crippen LogP contribution < -0.4 is 4.74 Å². The largest absolute Gasteiger partial charge is 0.477 e. The average molecular weight is 268 g/mol. The molecule has 0 unspecified atom stereocenters. The monoisotopic (exact) mass is 268 g/mol. The lowest BCUT2D eigenvalue weighted by Crippen LogP contribution is -2.03. The third kappa shape index (κ3) is 2.61. The van der Waals surface area contributed by atoms with Gasteiger partial charge in [0.15, 0.2) is 5.65 Å². The van der Waals surface area contributed by atoms with E-state index in [-0.39, 0.29) is 0 Å². The maximum Gasteiger partial charge on any atom is 0.233 e. The van der Waals surface area contributed by atoms with Crippen molar-refractivity contribution in [3.05, 3.63) is 48.3 Å². The van der Waals surface area contributed by atoms with Crippen LogP contribution in [0.2, 0.25) is 0 Å². The molecule has 0 aliphatic carbocycles. The van der Waals surface area contributed by atoms with Gasteiger partial charge < -0.3 is 4.74 Å². The first kappa shape index (κ1) is 12.6. The Bertz CT molecular complexity index is 693. The number of ether oxygens (including phenoxy) is 1. The zero-order valence-corrected chi connectivity index (χ0v) is 11.4. The lowest BCUT2D eigenvalue weighted by atomic mass is 10.2. The van der Waals surface area contributed by atoms with Crippen molar-refractivity contribution in [3.63, 3.8) is 0 Å². The first-order chi connectivity index (χ1) is 9.86. The minimum Gasteiger partial charge on any atom is -0.477 e. The molecule has 20 heavy (non-hydrogen) atoms. The molecule has 0 bridgehead atoms. The van der Waals surface area contributed by atoms with Crippen LogP contribution in [0.15, 0.2) is 42.7 Å². The van der Waals surface area contributed by atoms with E-state index in [1.807, 2.05) is 22.9 Å². The van der Waals surface area contributed by atoms with Crippen molar-refractivity contribution in [2.45, 2.75) is 19.9 Å². The summed E-state index contributed by atoms with van der Waals surface area (Å²) in [6.07, 6.45) is 4.33. The van der Waals surface area contributed by atoms with Gasteiger partial charge in [0, 0.05) is 0 Å². The van der Waals surface area contributed by atoms with Crippen LogP contribution in [0.1, 0.15) is 18.9 Å². The fourth-order valence-electron chi connectivity index (χ4n) is 1.99. The molecule has 2 aromatic heterocycles. The second-order valence-electron chi connectivity index (χ2n) is 4.55. The van der Waals surface area contributed by atoms with Crippen LogP contribution in [0.25, 0.3) is 11.2 Å². The van der Waals surface area contributed by atoms with Gasteiger partial charge in [0.05, 0.1) is 25.5 Å². The van der Waals surface area contributed by atoms with Crippen molar-refractivity contribution in [1.29, 1.82) is 0 Å². The molecule has 5 nitrogen and oxygen atoms in total. The Kier molecular flexibility index (Phi) is 3.58. The SMILES string of the molecule is CCCOc1cnc2c(cnn2Cc2ccccc2)n1. The van der Waals surface area contributed by atoms with Crippen molar-refractivity contribution in [2.75, 3.05) is 6.61 Å². The van der Waals surface area contributed by atoms with Crippen LogP contribution in [-0.4, -0.2) is 26.4 Å². The van der Waals surface area contributed by atoms with Gasteiger partial charge >= 0.3 is 0 Å². The van der Waals surface area contributed by atoms with E-state index in [4.69, 9.17) is 4.74 Å². The molecule has 0 spiro atoms. The molecule has 0 radical (unpaired) electrons. The zero-order valence-electron chi connectivity index (χ0n) is 11.4. The quantitative estimate of drug-likeness (QED) is 0.714. The summed E-state index contributed by atoms with van der Waals surface area (Å²) in [6.45, 7) is 3.40. The maximum absolute atomic E-state index is 5.48. The van der Waals surface area contributed by atoms with E-state index < -0.39 is 0 Å². The van der Waals surface area contributed by atoms with Gasteiger partial charge in [-0.2, -0.15) is 5.10 Å². The lowest BCUT2D eigenvalue weighted by Gasteiger charge is -2.04. The van der Waals surface area contributed by atoms with Crippen LogP contribution >= 0.6 is 0 Å². The highest BCUT2D eigenvalue weighted by molar-refractivity contribution is 5.69. The second kappa shape index (κ2) is 5.69. The molecule has 3 aromatic rings. The molecular weight excluding hydrogens is 252 g/mol. The van der Waals surface area contributed by atoms with Gasteiger partial charge in [-0.05, 0) is 12.0 Å². The standard InChI is InChI=1S/C15H16N4O/c1-2-8-20-14-10-16-15-13(18-14)9-17-19(15)11-12-6-4-3-5-7-12/h3-7,9-10H,2,8,11H2,1H3. The topological polar surface area (TPSA) is 52.8 Å². The summed E-state index contributed by atoms with van der Waals surface area (Å²) in [7, 11) is 0. The van der Waals surface area contributed by atoms with E-state index in [1.165, 1.54) is 5.56 Å². The van der Waals surface area contributed by atoms with Crippen molar-refractivity contribution < 1.29 is 4.74 Å². The van der Waals surface area contributed by atoms with E-state index in [0.717, 1.165) is 17.6 Å². The molecule has 3 rings (SSSR count). The molecule has 2 heterocycles. The predicted molar refractivity (Wildman–Crippen MR) is 76.7 cm³/mol. The van der Waals surface area contributed by atoms with E-state index in [2.05, 4.69) is 34.1 Å². The van der Waals surface area contributed by atoms with Crippen LogP contribution in [0.4, 0.5) is 0 Å². The first-order valence-electron chi connectivity index (χ1n) is 6.72. The molecule has 0 N–H and O–H groups in total. The third-order valence-corrected chi connectivity index (χ3v) is 2.95. The summed E-state index contributed by atoms with van der Waals surface area (Å²) < 4.78 is 7.33. The Morgan fingerprint density at radius 3 is 2.80 bits per heavy atom. The van der Waals surface area contributed by atoms with Gasteiger partial charge in [-0.3, -0.25) is 0 Å². The van der Waals surface area contributed by atoms with Crippen molar-refractivity contribution in [2.24, 2.45) is 0 Å². The van der Waals surface area contributed by atoms with Crippen molar-refractivity contribution >= 4 is 11.2 Å². The number of fused-ring (bicyclic) bond motifs is 1. The van der Waals surface area contributed by atoms with Gasteiger partial charge in [0.25, 0.3) is 0 Å². The fourth-order valence-corrected chi connectivity index (χ4v) is 1.99. The van der Waals surface area contributed by atoms with Gasteiger partial charge in [-0.1, -0.05) is 37.3 Å². The molecule has 1 aromatic carbocycles. The minimum atomic E-state index is 0.554. The number of aromatic nitrogens is 4. The molecule has 0 amide bonds. The summed E-state index contributed by atoms with van der Waals surface area (Å²) in [5.41, 5.74) is 2.72. The number of hydrogen-bond donors (Lipinski definition) is 0. The maximum atomic E-state index is 5.48. The van der Waals surface area contributed by atoms with Gasteiger partial charge in [-0.15, -0.1) is 0 Å². The summed E-state index contributed by atoms with van der Waals surface area (Å²) in [5, 5.41) is 4.35. The molecule has 5 heteroatoms. The number of benzene rings is 1. The van der Waals surface area contributed by atoms with E-state index in [0.29, 0.717) is 19.0 Å². The Morgan fingerprint density at radius 2 is 2.00 bits per heavy atom. The van der Waals surface area contributed by atoms with Gasteiger partial charge in [0.1, 0.15) is 5.52 Å². The average Bonchev–Trinajstić information content (AvgIpc) is 2.89. The molecular formula is C15H16N4O. The Labute approximate surface area is 117 Å². The normalized spacial score (nSPS) is 10.8. The summed E-state index contributed by atoms with van der Waals surface area (Å²) in [6, 6.07) is 10.2. The fraction of sp³-hybridized carbons (Fsp3) is 0.267. The molecule has 0 saturated heterocycles. The Morgan fingerprint density at radius 1 is 1.15 bits per heavy atom. The van der Waals surface area contributed by atoms with Gasteiger partial charge in [-0.25, -0.2) is 14.6 Å². The van der Waals surface area contributed by atoms with Crippen LogP contribution in [0.3, 0.4) is 0 Å². The van der Waals surface area contributed by atoms with E-state index in [9.17, 15) is 0 Å². The van der Waals surface area contributed by atoms with E-state index in [1.54, 1.807) is 12.4 Å². The van der Waals surface area contributed by atoms with Crippen molar-refractivity contribution in [3.8, 4) is 5.88 Å². The van der Waals surface area contributed by atoms with Crippen LogP contribution in [-0.2, 0) is 6.54 Å². The smallest absolute Gasteiger partial charge is 0.233 e. The van der Waals surface area contributed by atoms with E-state index >= 15 is 0 Å². The Balaban J connectivity index is 1.86. The molecule has 0 aliphatic heterocycles.